The third-order valence-corrected chi connectivity index (χ3v) is 5.76. The second kappa shape index (κ2) is 6.73. The van der Waals surface area contributed by atoms with E-state index in [0.717, 1.165) is 26.6 Å². The number of aliphatic carboxylic acids is 1. The van der Waals surface area contributed by atoms with Crippen LogP contribution < -0.4 is 11.2 Å². The van der Waals surface area contributed by atoms with Crippen molar-refractivity contribution < 1.29 is 9.90 Å². The molecule has 0 saturated heterocycles. The van der Waals surface area contributed by atoms with Crippen LogP contribution in [0.25, 0.3) is 21.8 Å². The molecule has 0 saturated carbocycles. The van der Waals surface area contributed by atoms with Crippen molar-refractivity contribution in [3.05, 3.63) is 80.6 Å². The fourth-order valence-corrected chi connectivity index (χ4v) is 4.08. The van der Waals surface area contributed by atoms with E-state index >= 15 is 0 Å². The van der Waals surface area contributed by atoms with Crippen LogP contribution in [0.5, 0.6) is 0 Å². The number of nitrogens with zero attached hydrogens (tertiary/aromatic N) is 3. The molecule has 2 heterocycles. The van der Waals surface area contributed by atoms with Gasteiger partial charge in [0, 0.05) is 24.1 Å². The number of carbonyl (C=O) groups is 1. The van der Waals surface area contributed by atoms with Crippen molar-refractivity contribution in [2.75, 3.05) is 0 Å². The molecule has 0 amide bonds. The molecular weight excluding hydrogens is 382 g/mol. The maximum atomic E-state index is 13.4. The van der Waals surface area contributed by atoms with Gasteiger partial charge in [0.2, 0.25) is 0 Å². The maximum Gasteiger partial charge on any atom is 0.332 e. The van der Waals surface area contributed by atoms with Crippen LogP contribution in [0.1, 0.15) is 25.0 Å². The number of aromatic nitrogens is 3. The topological polar surface area (TPSA) is 86.2 Å². The molecule has 0 aliphatic carbocycles. The second-order valence-corrected chi connectivity index (χ2v) is 8.12. The highest BCUT2D eigenvalue weighted by Gasteiger charge is 2.34. The van der Waals surface area contributed by atoms with Crippen molar-refractivity contribution in [1.29, 1.82) is 0 Å². The summed E-state index contributed by atoms with van der Waals surface area (Å²) in [6.07, 6.45) is 1.97. The quantitative estimate of drug-likeness (QED) is 0.566. The summed E-state index contributed by atoms with van der Waals surface area (Å²) in [4.78, 5) is 38.3. The Hall–Kier alpha value is -3.61. The lowest BCUT2D eigenvalue weighted by Crippen LogP contribution is -2.52. The number of carboxylic acids is 1. The molecule has 0 aliphatic heterocycles. The zero-order valence-corrected chi connectivity index (χ0v) is 17.3. The summed E-state index contributed by atoms with van der Waals surface area (Å²) in [5.74, 6) is -1.25. The third kappa shape index (κ3) is 2.77. The smallest absolute Gasteiger partial charge is 0.332 e. The SMILES string of the molecule is Cc1cccc2c1c(Cn1c(=O)n(C(C)(C)C(=O)O)c(=O)c3ccccc31)cn2C. The van der Waals surface area contributed by atoms with E-state index in [-0.39, 0.29) is 6.54 Å². The number of aryl methyl sites for hydroxylation is 2. The van der Waals surface area contributed by atoms with E-state index in [1.165, 1.54) is 18.4 Å². The third-order valence-electron chi connectivity index (χ3n) is 5.76. The summed E-state index contributed by atoms with van der Waals surface area (Å²) in [5.41, 5.74) is 0.604. The monoisotopic (exact) mass is 405 g/mol. The Kier molecular flexibility index (Phi) is 4.42. The summed E-state index contributed by atoms with van der Waals surface area (Å²) in [6.45, 7) is 4.96. The van der Waals surface area contributed by atoms with Gasteiger partial charge < -0.3 is 9.67 Å². The van der Waals surface area contributed by atoms with Gasteiger partial charge in [-0.25, -0.2) is 14.2 Å². The minimum absolute atomic E-state index is 0.220. The normalized spacial score (nSPS) is 12.0. The van der Waals surface area contributed by atoms with Crippen LogP contribution in [0.3, 0.4) is 0 Å². The highest BCUT2D eigenvalue weighted by Crippen LogP contribution is 2.25. The average Bonchev–Trinajstić information content (AvgIpc) is 3.02. The molecule has 1 N–H and O–H groups in total. The fraction of sp³-hybridized carbons (Fsp3) is 0.261. The lowest BCUT2D eigenvalue weighted by molar-refractivity contribution is -0.146. The molecule has 4 aromatic rings. The number of carboxylic acid groups (broad SMARTS) is 1. The summed E-state index contributed by atoms with van der Waals surface area (Å²) in [5, 5.41) is 11.0. The molecule has 4 rings (SSSR count). The van der Waals surface area contributed by atoms with Gasteiger partial charge in [-0.15, -0.1) is 0 Å². The van der Waals surface area contributed by atoms with Crippen LogP contribution in [0.15, 0.2) is 58.3 Å². The van der Waals surface area contributed by atoms with Crippen LogP contribution in [-0.2, 0) is 23.9 Å². The van der Waals surface area contributed by atoms with E-state index in [1.54, 1.807) is 24.3 Å². The summed E-state index contributed by atoms with van der Waals surface area (Å²) < 4.78 is 4.33. The summed E-state index contributed by atoms with van der Waals surface area (Å²) in [7, 11) is 1.95. The fourth-order valence-electron chi connectivity index (χ4n) is 4.08. The summed E-state index contributed by atoms with van der Waals surface area (Å²) in [6, 6.07) is 12.8. The van der Waals surface area contributed by atoms with Crippen molar-refractivity contribution >= 4 is 27.8 Å². The minimum Gasteiger partial charge on any atom is -0.480 e. The first-order chi connectivity index (χ1) is 14.1. The van der Waals surface area contributed by atoms with Crippen LogP contribution in [-0.4, -0.2) is 24.8 Å². The second-order valence-electron chi connectivity index (χ2n) is 8.12. The molecule has 0 fully saturated rings. The predicted octanol–water partition coefficient (Wildman–Crippen LogP) is 2.83. The molecule has 2 aromatic heterocycles. The van der Waals surface area contributed by atoms with E-state index in [4.69, 9.17) is 0 Å². The maximum absolute atomic E-state index is 13.4. The van der Waals surface area contributed by atoms with Crippen molar-refractivity contribution in [1.82, 2.24) is 13.7 Å². The number of fused-ring (bicyclic) bond motifs is 2. The van der Waals surface area contributed by atoms with Gasteiger partial charge in [-0.3, -0.25) is 9.36 Å². The molecule has 0 aliphatic rings. The van der Waals surface area contributed by atoms with Gasteiger partial charge in [0.15, 0.2) is 0 Å². The first kappa shape index (κ1) is 19.7. The zero-order valence-electron chi connectivity index (χ0n) is 17.3. The van der Waals surface area contributed by atoms with Crippen molar-refractivity contribution in [3.63, 3.8) is 0 Å². The van der Waals surface area contributed by atoms with Gasteiger partial charge >= 0.3 is 11.7 Å². The lowest BCUT2D eigenvalue weighted by atomic mass is 10.1. The van der Waals surface area contributed by atoms with E-state index in [1.807, 2.05) is 42.9 Å². The van der Waals surface area contributed by atoms with Crippen LogP contribution in [0, 0.1) is 6.92 Å². The number of para-hydroxylation sites is 1. The predicted molar refractivity (Wildman–Crippen MR) is 116 cm³/mol. The number of benzene rings is 2. The Morgan fingerprint density at radius 3 is 2.40 bits per heavy atom. The van der Waals surface area contributed by atoms with Crippen LogP contribution >= 0.6 is 0 Å². The Morgan fingerprint density at radius 2 is 1.70 bits per heavy atom. The Bertz CT molecular complexity index is 1440. The molecule has 2 aromatic carbocycles. The Balaban J connectivity index is 2.07. The van der Waals surface area contributed by atoms with Crippen molar-refractivity contribution in [2.45, 2.75) is 32.9 Å². The molecule has 0 radical (unpaired) electrons. The van der Waals surface area contributed by atoms with Gasteiger partial charge in [0.1, 0.15) is 5.54 Å². The number of rotatable bonds is 4. The van der Waals surface area contributed by atoms with E-state index in [2.05, 4.69) is 0 Å². The largest absolute Gasteiger partial charge is 0.480 e. The van der Waals surface area contributed by atoms with E-state index in [0.29, 0.717) is 10.9 Å². The van der Waals surface area contributed by atoms with Gasteiger partial charge in [-0.1, -0.05) is 24.3 Å². The standard InChI is InChI=1S/C23H23N3O4/c1-14-8-7-11-18-19(14)15(12-24(18)4)13-25-17-10-6-5-9-16(17)20(27)26(22(25)30)23(2,3)21(28)29/h5-12H,13H2,1-4H3,(H,28,29). The first-order valence-electron chi connectivity index (χ1n) is 9.66. The molecule has 0 atom stereocenters. The molecule has 7 heteroatoms. The average molecular weight is 405 g/mol. The molecule has 0 spiro atoms. The molecule has 154 valence electrons. The molecule has 0 unspecified atom stereocenters. The van der Waals surface area contributed by atoms with Gasteiger partial charge in [0.25, 0.3) is 5.56 Å². The Labute approximate surface area is 172 Å². The zero-order chi connectivity index (χ0) is 21.8. The minimum atomic E-state index is -1.69. The van der Waals surface area contributed by atoms with E-state index < -0.39 is 22.8 Å². The van der Waals surface area contributed by atoms with E-state index in [9.17, 15) is 19.5 Å². The molecule has 7 nitrogen and oxygen atoms in total. The number of hydrogen-bond donors (Lipinski definition) is 1. The summed E-state index contributed by atoms with van der Waals surface area (Å²) >= 11 is 0. The highest BCUT2D eigenvalue weighted by atomic mass is 16.4. The molecular formula is C23H23N3O4. The Morgan fingerprint density at radius 1 is 1.03 bits per heavy atom. The van der Waals surface area contributed by atoms with Gasteiger partial charge in [-0.05, 0) is 50.1 Å². The van der Waals surface area contributed by atoms with Crippen LogP contribution in [0.4, 0.5) is 0 Å². The van der Waals surface area contributed by atoms with Gasteiger partial charge in [-0.2, -0.15) is 0 Å². The lowest BCUT2D eigenvalue weighted by Gasteiger charge is -2.24. The number of hydrogen-bond acceptors (Lipinski definition) is 3. The highest BCUT2D eigenvalue weighted by molar-refractivity contribution is 5.87. The molecule has 30 heavy (non-hydrogen) atoms. The van der Waals surface area contributed by atoms with Crippen molar-refractivity contribution in [2.24, 2.45) is 7.05 Å². The molecule has 0 bridgehead atoms. The van der Waals surface area contributed by atoms with Crippen LogP contribution in [0.2, 0.25) is 0 Å². The van der Waals surface area contributed by atoms with Crippen molar-refractivity contribution in [3.8, 4) is 0 Å². The first-order valence-corrected chi connectivity index (χ1v) is 9.66. The van der Waals surface area contributed by atoms with Gasteiger partial charge in [0.05, 0.1) is 17.4 Å².